The topological polar surface area (TPSA) is 12.0 Å². The Balaban J connectivity index is 2.52. The summed E-state index contributed by atoms with van der Waals surface area (Å²) in [7, 11) is 1.82. The molecule has 2 aromatic rings. The minimum absolute atomic E-state index is 0.171. The molecule has 0 bridgehead atoms. The van der Waals surface area contributed by atoms with Crippen LogP contribution in [0.5, 0.6) is 0 Å². The SMILES string of the molecule is CNC(c1cc(Cl)c(Br)cc1F)c1sccc1C. The van der Waals surface area contributed by atoms with Crippen molar-refractivity contribution in [1.29, 1.82) is 0 Å². The van der Waals surface area contributed by atoms with Crippen molar-refractivity contribution in [3.05, 3.63) is 54.9 Å². The van der Waals surface area contributed by atoms with Crippen molar-refractivity contribution in [3.63, 3.8) is 0 Å². The van der Waals surface area contributed by atoms with Crippen LogP contribution in [0.15, 0.2) is 28.1 Å². The number of rotatable bonds is 3. The molecular weight excluding hydrogens is 337 g/mol. The largest absolute Gasteiger partial charge is 0.309 e. The van der Waals surface area contributed by atoms with Crippen LogP contribution >= 0.6 is 38.9 Å². The smallest absolute Gasteiger partial charge is 0.129 e. The van der Waals surface area contributed by atoms with Gasteiger partial charge in [-0.15, -0.1) is 11.3 Å². The van der Waals surface area contributed by atoms with Gasteiger partial charge in [-0.05, 0) is 59.0 Å². The Hall–Kier alpha value is -0.420. The molecule has 0 fully saturated rings. The molecule has 0 saturated carbocycles. The summed E-state index contributed by atoms with van der Waals surface area (Å²) >= 11 is 10.9. The van der Waals surface area contributed by atoms with E-state index in [-0.39, 0.29) is 11.9 Å². The summed E-state index contributed by atoms with van der Waals surface area (Å²) in [5.41, 5.74) is 1.72. The van der Waals surface area contributed by atoms with Gasteiger partial charge in [0.05, 0.1) is 11.1 Å². The van der Waals surface area contributed by atoms with Gasteiger partial charge < -0.3 is 5.32 Å². The van der Waals surface area contributed by atoms with E-state index in [4.69, 9.17) is 11.6 Å². The first-order valence-corrected chi connectivity index (χ1v) is 7.45. The Kier molecular flexibility index (Phi) is 4.43. The predicted molar refractivity (Wildman–Crippen MR) is 79.1 cm³/mol. The molecule has 96 valence electrons. The fourth-order valence-corrected chi connectivity index (χ4v) is 3.41. The summed E-state index contributed by atoms with van der Waals surface area (Å²) in [6.45, 7) is 2.02. The van der Waals surface area contributed by atoms with Gasteiger partial charge in [0, 0.05) is 14.9 Å². The molecule has 1 aromatic heterocycles. The van der Waals surface area contributed by atoms with E-state index in [2.05, 4.69) is 21.2 Å². The van der Waals surface area contributed by atoms with Crippen LogP contribution in [0.3, 0.4) is 0 Å². The molecule has 0 aliphatic heterocycles. The zero-order valence-corrected chi connectivity index (χ0v) is 13.1. The molecule has 0 spiro atoms. The van der Waals surface area contributed by atoms with Crippen molar-refractivity contribution in [2.45, 2.75) is 13.0 Å². The van der Waals surface area contributed by atoms with Crippen LogP contribution < -0.4 is 5.32 Å². The highest BCUT2D eigenvalue weighted by atomic mass is 79.9. The molecule has 1 N–H and O–H groups in total. The highest BCUT2D eigenvalue weighted by molar-refractivity contribution is 9.10. The first-order valence-electron chi connectivity index (χ1n) is 5.40. The van der Waals surface area contributed by atoms with E-state index < -0.39 is 0 Å². The number of nitrogens with one attached hydrogen (secondary N) is 1. The van der Waals surface area contributed by atoms with Crippen LogP contribution in [0.25, 0.3) is 0 Å². The molecule has 0 aliphatic carbocycles. The number of aryl methyl sites for hydroxylation is 1. The first-order chi connectivity index (χ1) is 8.54. The lowest BCUT2D eigenvalue weighted by Crippen LogP contribution is -2.18. The van der Waals surface area contributed by atoms with E-state index >= 15 is 0 Å². The number of hydrogen-bond acceptors (Lipinski definition) is 2. The molecule has 5 heteroatoms. The summed E-state index contributed by atoms with van der Waals surface area (Å²) in [6, 6.07) is 4.94. The molecule has 18 heavy (non-hydrogen) atoms. The number of halogens is 3. The minimum atomic E-state index is -0.265. The van der Waals surface area contributed by atoms with Crippen molar-refractivity contribution in [2.24, 2.45) is 0 Å². The molecule has 0 radical (unpaired) electrons. The Morgan fingerprint density at radius 3 is 2.72 bits per heavy atom. The summed E-state index contributed by atoms with van der Waals surface area (Å²) in [6.07, 6.45) is 0. The van der Waals surface area contributed by atoms with E-state index in [1.165, 1.54) is 6.07 Å². The fourth-order valence-electron chi connectivity index (χ4n) is 1.87. The Bertz CT molecular complexity index is 570. The van der Waals surface area contributed by atoms with Crippen molar-refractivity contribution in [2.75, 3.05) is 7.05 Å². The lowest BCUT2D eigenvalue weighted by atomic mass is 10.0. The number of hydrogen-bond donors (Lipinski definition) is 1. The Labute approximate surface area is 123 Å². The number of thiophene rings is 1. The normalized spacial score (nSPS) is 12.7. The summed E-state index contributed by atoms with van der Waals surface area (Å²) in [4.78, 5) is 1.11. The van der Waals surface area contributed by atoms with Gasteiger partial charge in [0.15, 0.2) is 0 Å². The highest BCUT2D eigenvalue weighted by Crippen LogP contribution is 2.34. The standard InChI is InChI=1S/C13H12BrClFNS/c1-7-3-4-18-13(7)12(17-2)8-5-10(15)9(14)6-11(8)16/h3-6,12,17H,1-2H3. The lowest BCUT2D eigenvalue weighted by molar-refractivity contribution is 0.578. The van der Waals surface area contributed by atoms with Crippen LogP contribution in [0.2, 0.25) is 5.02 Å². The summed E-state index contributed by atoms with van der Waals surface area (Å²) < 4.78 is 14.6. The molecule has 2 rings (SSSR count). The second-order valence-electron chi connectivity index (χ2n) is 3.98. The van der Waals surface area contributed by atoms with Crippen molar-refractivity contribution in [1.82, 2.24) is 5.32 Å². The maximum Gasteiger partial charge on any atom is 0.129 e. The average molecular weight is 349 g/mol. The molecule has 0 amide bonds. The van der Waals surface area contributed by atoms with Crippen molar-refractivity contribution in [3.8, 4) is 0 Å². The third-order valence-corrected chi connectivity index (χ3v) is 5.08. The molecule has 1 aromatic carbocycles. The molecule has 0 aliphatic rings. The maximum atomic E-state index is 14.1. The second kappa shape index (κ2) is 5.70. The van der Waals surface area contributed by atoms with Gasteiger partial charge in [-0.2, -0.15) is 0 Å². The van der Waals surface area contributed by atoms with E-state index in [1.807, 2.05) is 25.4 Å². The van der Waals surface area contributed by atoms with E-state index in [0.717, 1.165) is 10.4 Å². The molecule has 1 heterocycles. The van der Waals surface area contributed by atoms with Gasteiger partial charge in [0.25, 0.3) is 0 Å². The van der Waals surface area contributed by atoms with Gasteiger partial charge in [0.1, 0.15) is 5.82 Å². The summed E-state index contributed by atoms with van der Waals surface area (Å²) in [5, 5.41) is 5.67. The van der Waals surface area contributed by atoms with Crippen LogP contribution in [0, 0.1) is 12.7 Å². The second-order valence-corrected chi connectivity index (χ2v) is 6.19. The van der Waals surface area contributed by atoms with Gasteiger partial charge in [-0.1, -0.05) is 11.6 Å². The van der Waals surface area contributed by atoms with Crippen LogP contribution in [0.1, 0.15) is 22.0 Å². The first kappa shape index (κ1) is 14.0. The lowest BCUT2D eigenvalue weighted by Gasteiger charge is -2.18. The highest BCUT2D eigenvalue weighted by Gasteiger charge is 2.20. The zero-order valence-electron chi connectivity index (χ0n) is 9.93. The van der Waals surface area contributed by atoms with Crippen LogP contribution in [-0.2, 0) is 0 Å². The molecular formula is C13H12BrClFNS. The molecule has 1 atom stereocenters. The van der Waals surface area contributed by atoms with Gasteiger partial charge in [0.2, 0.25) is 0 Å². The van der Waals surface area contributed by atoms with E-state index in [1.54, 1.807) is 17.4 Å². The quantitative estimate of drug-likeness (QED) is 0.776. The molecule has 0 saturated heterocycles. The van der Waals surface area contributed by atoms with E-state index in [0.29, 0.717) is 15.1 Å². The predicted octanol–water partition coefficient (Wildman–Crippen LogP) is 4.92. The van der Waals surface area contributed by atoms with E-state index in [9.17, 15) is 4.39 Å². The zero-order chi connectivity index (χ0) is 13.3. The monoisotopic (exact) mass is 347 g/mol. The average Bonchev–Trinajstić information content (AvgIpc) is 2.73. The molecule has 1 unspecified atom stereocenters. The van der Waals surface area contributed by atoms with Crippen LogP contribution in [-0.4, -0.2) is 7.05 Å². The fraction of sp³-hybridized carbons (Fsp3) is 0.231. The Morgan fingerprint density at radius 2 is 2.17 bits per heavy atom. The Morgan fingerprint density at radius 1 is 1.44 bits per heavy atom. The van der Waals surface area contributed by atoms with Gasteiger partial charge >= 0.3 is 0 Å². The van der Waals surface area contributed by atoms with Crippen LogP contribution in [0.4, 0.5) is 4.39 Å². The van der Waals surface area contributed by atoms with Gasteiger partial charge in [-0.25, -0.2) is 4.39 Å². The maximum absolute atomic E-state index is 14.1. The van der Waals surface area contributed by atoms with Gasteiger partial charge in [-0.3, -0.25) is 0 Å². The summed E-state index contributed by atoms with van der Waals surface area (Å²) in [5.74, 6) is -0.265. The van der Waals surface area contributed by atoms with Crippen molar-refractivity contribution < 1.29 is 4.39 Å². The number of benzene rings is 1. The molecule has 1 nitrogen and oxygen atoms in total. The van der Waals surface area contributed by atoms with Crippen molar-refractivity contribution >= 4 is 38.9 Å². The minimum Gasteiger partial charge on any atom is -0.309 e. The third kappa shape index (κ3) is 2.62. The third-order valence-electron chi connectivity index (χ3n) is 2.80.